The number of imide groups is 1. The lowest BCUT2D eigenvalue weighted by Gasteiger charge is -2.17. The molecule has 0 bridgehead atoms. The van der Waals surface area contributed by atoms with Crippen molar-refractivity contribution in [2.45, 2.75) is 20.3 Å². The molecule has 0 fully saturated rings. The molecule has 0 unspecified atom stereocenters. The van der Waals surface area contributed by atoms with Crippen molar-refractivity contribution in [1.29, 1.82) is 0 Å². The molecule has 6 heteroatoms. The van der Waals surface area contributed by atoms with Crippen molar-refractivity contribution in [2.24, 2.45) is 0 Å². The molecule has 28 heavy (non-hydrogen) atoms. The van der Waals surface area contributed by atoms with Crippen LogP contribution in [0.4, 0.5) is 11.4 Å². The van der Waals surface area contributed by atoms with Gasteiger partial charge in [-0.05, 0) is 60.7 Å². The lowest BCUT2D eigenvalue weighted by atomic mass is 10.1. The minimum Gasteiger partial charge on any atom is -0.326 e. The molecule has 140 valence electrons. The van der Waals surface area contributed by atoms with Crippen molar-refractivity contribution in [2.75, 3.05) is 10.2 Å². The van der Waals surface area contributed by atoms with Crippen molar-refractivity contribution in [3.05, 3.63) is 81.0 Å². The van der Waals surface area contributed by atoms with Crippen LogP contribution in [-0.4, -0.2) is 17.7 Å². The normalized spacial score (nSPS) is 13.0. The van der Waals surface area contributed by atoms with Crippen LogP contribution in [0.2, 0.25) is 0 Å². The highest BCUT2D eigenvalue weighted by Gasteiger charge is 2.37. The minimum atomic E-state index is -0.372. The van der Waals surface area contributed by atoms with Gasteiger partial charge in [0, 0.05) is 10.6 Å². The van der Waals surface area contributed by atoms with Crippen molar-refractivity contribution in [3.8, 4) is 0 Å². The van der Waals surface area contributed by atoms with Gasteiger partial charge < -0.3 is 5.32 Å². The van der Waals surface area contributed by atoms with Gasteiger partial charge in [-0.2, -0.15) is 0 Å². The SMILES string of the molecule is Cc1cccc(N2C(=O)c3ccc(NC(=O)Cc4cccs4)cc3C2=O)c1C. The van der Waals surface area contributed by atoms with Gasteiger partial charge in [-0.3, -0.25) is 14.4 Å². The quantitative estimate of drug-likeness (QED) is 0.674. The fourth-order valence-electron chi connectivity index (χ4n) is 3.29. The Morgan fingerprint density at radius 3 is 2.54 bits per heavy atom. The third kappa shape index (κ3) is 3.12. The van der Waals surface area contributed by atoms with Gasteiger partial charge in [-0.15, -0.1) is 11.3 Å². The van der Waals surface area contributed by atoms with Gasteiger partial charge >= 0.3 is 0 Å². The molecule has 3 amide bonds. The molecule has 0 saturated heterocycles. The number of amides is 3. The highest BCUT2D eigenvalue weighted by atomic mass is 32.1. The Bertz CT molecular complexity index is 1100. The van der Waals surface area contributed by atoms with Crippen LogP contribution in [0.15, 0.2) is 53.9 Å². The first kappa shape index (κ1) is 18.1. The highest BCUT2D eigenvalue weighted by Crippen LogP contribution is 2.33. The molecule has 4 rings (SSSR count). The van der Waals surface area contributed by atoms with Crippen molar-refractivity contribution in [1.82, 2.24) is 0 Å². The summed E-state index contributed by atoms with van der Waals surface area (Å²) in [5.41, 5.74) is 3.65. The lowest BCUT2D eigenvalue weighted by molar-refractivity contribution is -0.115. The van der Waals surface area contributed by atoms with E-state index in [1.807, 2.05) is 43.5 Å². The predicted molar refractivity (Wildman–Crippen MR) is 110 cm³/mol. The van der Waals surface area contributed by atoms with E-state index in [1.165, 1.54) is 16.2 Å². The number of fused-ring (bicyclic) bond motifs is 1. The van der Waals surface area contributed by atoms with E-state index in [9.17, 15) is 14.4 Å². The summed E-state index contributed by atoms with van der Waals surface area (Å²) in [5, 5.41) is 4.73. The van der Waals surface area contributed by atoms with Crippen LogP contribution in [0.5, 0.6) is 0 Å². The maximum atomic E-state index is 13.0. The van der Waals surface area contributed by atoms with Crippen molar-refractivity contribution >= 4 is 40.4 Å². The number of benzene rings is 2. The predicted octanol–water partition coefficient (Wildman–Crippen LogP) is 4.35. The van der Waals surface area contributed by atoms with Gasteiger partial charge in [0.15, 0.2) is 0 Å². The van der Waals surface area contributed by atoms with E-state index < -0.39 is 0 Å². The molecule has 2 aromatic carbocycles. The molecular formula is C22H18N2O3S. The number of nitrogens with one attached hydrogen (secondary N) is 1. The van der Waals surface area contributed by atoms with Crippen LogP contribution in [0.3, 0.4) is 0 Å². The Morgan fingerprint density at radius 1 is 1.00 bits per heavy atom. The monoisotopic (exact) mass is 390 g/mol. The number of thiophene rings is 1. The first-order valence-electron chi connectivity index (χ1n) is 8.87. The fourth-order valence-corrected chi connectivity index (χ4v) is 4.00. The van der Waals surface area contributed by atoms with Crippen LogP contribution in [-0.2, 0) is 11.2 Å². The Kier molecular flexibility index (Phi) is 4.57. The number of aryl methyl sites for hydroxylation is 1. The smallest absolute Gasteiger partial charge is 0.266 e. The summed E-state index contributed by atoms with van der Waals surface area (Å²) in [7, 11) is 0. The molecule has 1 aliphatic heterocycles. The molecule has 0 spiro atoms. The van der Waals surface area contributed by atoms with Crippen molar-refractivity contribution in [3.63, 3.8) is 0 Å². The van der Waals surface area contributed by atoms with E-state index >= 15 is 0 Å². The largest absolute Gasteiger partial charge is 0.326 e. The van der Waals surface area contributed by atoms with E-state index in [1.54, 1.807) is 24.3 Å². The number of rotatable bonds is 4. The van der Waals surface area contributed by atoms with E-state index in [0.29, 0.717) is 22.5 Å². The summed E-state index contributed by atoms with van der Waals surface area (Å²) in [6.45, 7) is 3.84. The molecule has 0 saturated carbocycles. The second kappa shape index (κ2) is 7.05. The summed E-state index contributed by atoms with van der Waals surface area (Å²) >= 11 is 1.52. The maximum absolute atomic E-state index is 13.0. The minimum absolute atomic E-state index is 0.162. The summed E-state index contributed by atoms with van der Waals surface area (Å²) in [5.74, 6) is -0.876. The zero-order chi connectivity index (χ0) is 19.8. The second-order valence-electron chi connectivity index (χ2n) is 6.73. The number of hydrogen-bond donors (Lipinski definition) is 1. The van der Waals surface area contributed by atoms with E-state index in [-0.39, 0.29) is 24.1 Å². The third-order valence-corrected chi connectivity index (χ3v) is 5.78. The summed E-state index contributed by atoms with van der Waals surface area (Å²) in [6, 6.07) is 14.2. The maximum Gasteiger partial charge on any atom is 0.266 e. The molecule has 2 heterocycles. The van der Waals surface area contributed by atoms with Gasteiger partial charge in [0.25, 0.3) is 11.8 Å². The second-order valence-corrected chi connectivity index (χ2v) is 7.76. The zero-order valence-corrected chi connectivity index (χ0v) is 16.3. The molecule has 5 nitrogen and oxygen atoms in total. The van der Waals surface area contributed by atoms with E-state index in [2.05, 4.69) is 5.32 Å². The highest BCUT2D eigenvalue weighted by molar-refractivity contribution is 7.10. The van der Waals surface area contributed by atoms with Gasteiger partial charge in [-0.25, -0.2) is 4.90 Å². The molecule has 1 aliphatic rings. The molecule has 1 N–H and O–H groups in total. The van der Waals surface area contributed by atoms with Crippen molar-refractivity contribution < 1.29 is 14.4 Å². The van der Waals surface area contributed by atoms with Gasteiger partial charge in [0.05, 0.1) is 23.2 Å². The van der Waals surface area contributed by atoms with Crippen LogP contribution < -0.4 is 10.2 Å². The van der Waals surface area contributed by atoms with Gasteiger partial charge in [0.2, 0.25) is 5.91 Å². The van der Waals surface area contributed by atoms with Gasteiger partial charge in [-0.1, -0.05) is 18.2 Å². The Labute approximate surface area is 166 Å². The van der Waals surface area contributed by atoms with Crippen LogP contribution >= 0.6 is 11.3 Å². The summed E-state index contributed by atoms with van der Waals surface area (Å²) < 4.78 is 0. The standard InChI is InChI=1S/C22H18N2O3S/c1-13-5-3-7-19(14(13)2)24-21(26)17-9-8-15(11-18(17)22(24)27)23-20(25)12-16-6-4-10-28-16/h3-11H,12H2,1-2H3,(H,23,25). The van der Waals surface area contributed by atoms with E-state index in [0.717, 1.165) is 16.0 Å². The molecule has 0 radical (unpaired) electrons. The Balaban J connectivity index is 1.60. The Hall–Kier alpha value is -3.25. The molecule has 0 atom stereocenters. The lowest BCUT2D eigenvalue weighted by Crippen LogP contribution is -2.30. The molecule has 3 aromatic rings. The average molecular weight is 390 g/mol. The Morgan fingerprint density at radius 2 is 1.79 bits per heavy atom. The average Bonchev–Trinajstić information content (AvgIpc) is 3.25. The topological polar surface area (TPSA) is 66.5 Å². The van der Waals surface area contributed by atoms with Crippen LogP contribution in [0.25, 0.3) is 0 Å². The molecule has 1 aromatic heterocycles. The number of hydrogen-bond acceptors (Lipinski definition) is 4. The van der Waals surface area contributed by atoms with Gasteiger partial charge in [0.1, 0.15) is 0 Å². The number of nitrogens with zero attached hydrogens (tertiary/aromatic N) is 1. The number of carbonyl (C=O) groups is 3. The third-order valence-electron chi connectivity index (χ3n) is 4.90. The summed E-state index contributed by atoms with van der Waals surface area (Å²) in [6.07, 6.45) is 0.274. The van der Waals surface area contributed by atoms with Crippen LogP contribution in [0, 0.1) is 13.8 Å². The first-order valence-corrected chi connectivity index (χ1v) is 9.75. The summed E-state index contributed by atoms with van der Waals surface area (Å²) in [4.78, 5) is 40.2. The molecule has 0 aliphatic carbocycles. The number of anilines is 2. The number of carbonyl (C=O) groups excluding carboxylic acids is 3. The molecular weight excluding hydrogens is 372 g/mol. The first-order chi connectivity index (χ1) is 13.5. The zero-order valence-electron chi connectivity index (χ0n) is 15.5. The van der Waals surface area contributed by atoms with Crippen LogP contribution in [0.1, 0.15) is 36.7 Å². The van der Waals surface area contributed by atoms with E-state index in [4.69, 9.17) is 0 Å². The fraction of sp³-hybridized carbons (Fsp3) is 0.136.